The van der Waals surface area contributed by atoms with E-state index in [1.165, 1.54) is 87.5 Å². The van der Waals surface area contributed by atoms with E-state index in [0.717, 1.165) is 22.5 Å². The number of benzene rings is 6. The molecule has 0 saturated heterocycles. The zero-order valence-corrected chi connectivity index (χ0v) is 29.9. The molecular formula is C34H35B11N2. The topological polar surface area (TPSA) is 17.8 Å². The number of fused-ring (bicyclic) bond motifs is 3. The molecule has 2 nitrogen and oxygen atoms in total. The molecule has 214 valence electrons. The Bertz CT molecular complexity index is 2330. The van der Waals surface area contributed by atoms with Gasteiger partial charge in [0, 0.05) is 5.69 Å². The van der Waals surface area contributed by atoms with Gasteiger partial charge in [-0.1, -0.05) is 81.6 Å². The van der Waals surface area contributed by atoms with Crippen LogP contribution >= 0.6 is 0 Å². The molecule has 0 bridgehead atoms. The number of hydrogen-bond acceptors (Lipinski definition) is 1. The van der Waals surface area contributed by atoms with E-state index >= 15 is 0 Å². The molecule has 0 radical (unpaired) electrons. The lowest BCUT2D eigenvalue weighted by Crippen LogP contribution is -2.50. The van der Waals surface area contributed by atoms with Gasteiger partial charge in [-0.3, -0.25) is 4.57 Å². The highest BCUT2D eigenvalue weighted by atomic mass is 15.1. The summed E-state index contributed by atoms with van der Waals surface area (Å²) in [6, 6.07) is 28.8. The summed E-state index contributed by atoms with van der Waals surface area (Å²) in [4.78, 5) is 5.10. The Balaban J connectivity index is 1.64. The highest BCUT2D eigenvalue weighted by molar-refractivity contribution is 6.71. The van der Waals surface area contributed by atoms with E-state index in [2.05, 4.69) is 170 Å². The first-order valence-electron chi connectivity index (χ1n) is 16.9. The Kier molecular flexibility index (Phi) is 7.62. The Labute approximate surface area is 288 Å². The molecule has 0 aliphatic heterocycles. The van der Waals surface area contributed by atoms with Gasteiger partial charge in [0.25, 0.3) is 0 Å². The van der Waals surface area contributed by atoms with Crippen molar-refractivity contribution in [3.8, 4) is 27.9 Å². The van der Waals surface area contributed by atoms with Crippen LogP contribution in [0.4, 0.5) is 0 Å². The molecule has 13 heteroatoms. The third-order valence-corrected chi connectivity index (χ3v) is 11.1. The van der Waals surface area contributed by atoms with Gasteiger partial charge < -0.3 is 0 Å². The number of aromatic nitrogens is 2. The van der Waals surface area contributed by atoms with E-state index < -0.39 is 0 Å². The van der Waals surface area contributed by atoms with Crippen LogP contribution in [0.5, 0.6) is 0 Å². The maximum absolute atomic E-state index is 5.10. The van der Waals surface area contributed by atoms with E-state index in [-0.39, 0.29) is 5.11 Å². The summed E-state index contributed by atoms with van der Waals surface area (Å²) in [7, 11) is 25.3. The Hall–Kier alpha value is -3.98. The van der Waals surface area contributed by atoms with Crippen LogP contribution < -0.4 is 43.7 Å². The van der Waals surface area contributed by atoms with Gasteiger partial charge in [0.1, 0.15) is 62.8 Å². The molecule has 47 heavy (non-hydrogen) atoms. The number of para-hydroxylation sites is 2. The zero-order valence-electron chi connectivity index (χ0n) is 29.9. The van der Waals surface area contributed by atoms with Crippen molar-refractivity contribution in [2.24, 2.45) is 0 Å². The fraction of sp³-hybridized carbons (Fsp3) is 0.0294. The van der Waals surface area contributed by atoms with Crippen molar-refractivity contribution in [2.45, 2.75) is 5.11 Å². The molecule has 0 amide bonds. The summed E-state index contributed by atoms with van der Waals surface area (Å²) in [5, 5.41) is 5.40. The summed E-state index contributed by atoms with van der Waals surface area (Å²) in [6.07, 6.45) is 0. The summed E-state index contributed by atoms with van der Waals surface area (Å²) >= 11 is 0. The van der Waals surface area contributed by atoms with E-state index in [4.69, 9.17) is 4.98 Å². The molecule has 6 aromatic carbocycles. The summed E-state index contributed by atoms with van der Waals surface area (Å²) in [5.41, 5.74) is 19.6. The average Bonchev–Trinajstić information content (AvgIpc) is 3.48. The SMILES string of the molecule is Bc1c(B)c(B)c2c(-c3ccc(-n4c(C(B)(B)B)nc5ccccc54)cc3)c3c(B)c(B)c(B)c(B)c3c(-c3ccccc3)c2c1B. The predicted molar refractivity (Wildman–Crippen MR) is 240 cm³/mol. The molecule has 0 aliphatic carbocycles. The van der Waals surface area contributed by atoms with Gasteiger partial charge >= 0.3 is 0 Å². The lowest BCUT2D eigenvalue weighted by Gasteiger charge is -2.28. The van der Waals surface area contributed by atoms with Crippen molar-refractivity contribution in [3.63, 3.8) is 0 Å². The highest BCUT2D eigenvalue weighted by Gasteiger charge is 2.26. The minimum absolute atomic E-state index is 0.106. The zero-order chi connectivity index (χ0) is 33.5. The molecule has 0 N–H and O–H groups in total. The van der Waals surface area contributed by atoms with Crippen LogP contribution in [0, 0.1) is 0 Å². The minimum atomic E-state index is -0.106. The fourth-order valence-electron chi connectivity index (χ4n) is 7.87. The van der Waals surface area contributed by atoms with Crippen LogP contribution in [0.25, 0.3) is 60.5 Å². The lowest BCUT2D eigenvalue weighted by atomic mass is 9.42. The molecular weight excluding hydrogens is 555 g/mol. The summed E-state index contributed by atoms with van der Waals surface area (Å²) in [6.45, 7) is 0. The van der Waals surface area contributed by atoms with E-state index in [1.807, 2.05) is 0 Å². The van der Waals surface area contributed by atoms with E-state index in [1.54, 1.807) is 0 Å². The monoisotopic (exact) mass is 592 g/mol. The van der Waals surface area contributed by atoms with Crippen LogP contribution in [0.15, 0.2) is 78.9 Å². The predicted octanol–water partition coefficient (Wildman–Crippen LogP) is -8.26. The van der Waals surface area contributed by atoms with Crippen LogP contribution in [-0.2, 0) is 5.11 Å². The highest BCUT2D eigenvalue weighted by Crippen LogP contribution is 2.41. The van der Waals surface area contributed by atoms with Crippen molar-refractivity contribution in [3.05, 3.63) is 84.7 Å². The maximum Gasteiger partial charge on any atom is 0.139 e. The molecule has 0 unspecified atom stereocenters. The van der Waals surface area contributed by atoms with Gasteiger partial charge in [0.15, 0.2) is 0 Å². The molecule has 0 saturated carbocycles. The van der Waals surface area contributed by atoms with Gasteiger partial charge in [0.05, 0.1) is 40.4 Å². The Morgan fingerprint density at radius 1 is 0.447 bits per heavy atom. The first kappa shape index (κ1) is 31.6. The van der Waals surface area contributed by atoms with Gasteiger partial charge in [-0.25, -0.2) is 4.98 Å². The molecule has 0 spiro atoms. The number of nitrogens with zero attached hydrogens (tertiary/aromatic N) is 2. The number of hydrogen-bond donors (Lipinski definition) is 0. The van der Waals surface area contributed by atoms with Crippen molar-refractivity contribution in [1.29, 1.82) is 0 Å². The Morgan fingerprint density at radius 3 is 1.30 bits per heavy atom. The first-order valence-corrected chi connectivity index (χ1v) is 16.9. The first-order chi connectivity index (χ1) is 22.3. The van der Waals surface area contributed by atoms with Crippen molar-refractivity contribution in [1.82, 2.24) is 9.55 Å². The van der Waals surface area contributed by atoms with Crippen LogP contribution in [0.2, 0.25) is 0 Å². The van der Waals surface area contributed by atoms with Gasteiger partial charge in [-0.15, -0.1) is 21.9 Å². The molecule has 7 rings (SSSR count). The van der Waals surface area contributed by atoms with E-state index in [9.17, 15) is 0 Å². The van der Waals surface area contributed by atoms with E-state index in [0.29, 0.717) is 0 Å². The molecule has 1 heterocycles. The number of imidazole rings is 1. The smallest absolute Gasteiger partial charge is 0.139 e. The summed E-state index contributed by atoms with van der Waals surface area (Å²) in [5.74, 6) is 1.07. The maximum atomic E-state index is 5.10. The third-order valence-electron chi connectivity index (χ3n) is 11.1. The number of rotatable bonds is 4. The van der Waals surface area contributed by atoms with Crippen LogP contribution in [0.3, 0.4) is 0 Å². The summed E-state index contributed by atoms with van der Waals surface area (Å²) < 4.78 is 2.35. The molecule has 7 aromatic rings. The van der Waals surface area contributed by atoms with Gasteiger partial charge in [-0.2, -0.15) is 0 Å². The molecule has 1 aromatic heterocycles. The normalized spacial score (nSPS) is 11.9. The van der Waals surface area contributed by atoms with Crippen molar-refractivity contribution in [2.75, 3.05) is 0 Å². The fourth-order valence-corrected chi connectivity index (χ4v) is 7.87. The third kappa shape index (κ3) is 4.75. The van der Waals surface area contributed by atoms with Crippen LogP contribution in [-0.4, -0.2) is 95.9 Å². The van der Waals surface area contributed by atoms with Gasteiger partial charge in [0.2, 0.25) is 0 Å². The minimum Gasteiger partial charge on any atom is -0.298 e. The largest absolute Gasteiger partial charge is 0.298 e. The quantitative estimate of drug-likeness (QED) is 0.147. The second-order valence-corrected chi connectivity index (χ2v) is 14.7. The Morgan fingerprint density at radius 2 is 0.851 bits per heavy atom. The molecule has 0 fully saturated rings. The van der Waals surface area contributed by atoms with Crippen molar-refractivity contribution >= 4 is 163 Å². The lowest BCUT2D eigenvalue weighted by molar-refractivity contribution is 0.929. The molecule has 0 atom stereocenters. The second-order valence-electron chi connectivity index (χ2n) is 14.7. The van der Waals surface area contributed by atoms with Crippen LogP contribution in [0.1, 0.15) is 5.82 Å². The molecule has 0 aliphatic rings. The average molecular weight is 591 g/mol. The second kappa shape index (κ2) is 11.3. The standard InChI is InChI=1S/C34H35B11N2/c35-25-21-19(14-6-2-1-3-7-14)22-24(28(38)32(42)30(40)26(22)36)20(23(21)27(37)31(41)29(25)39)15-10-12-16(13-11-15)47-18-9-5-4-8-17(18)46-33(47)34(43,44)45/h1-13H,35-45H2. The van der Waals surface area contributed by atoms with Gasteiger partial charge in [-0.05, 0) is 68.1 Å². The van der Waals surface area contributed by atoms with Crippen molar-refractivity contribution < 1.29 is 0 Å².